The van der Waals surface area contributed by atoms with Gasteiger partial charge in [0.1, 0.15) is 11.4 Å². The van der Waals surface area contributed by atoms with Crippen LogP contribution in [0.2, 0.25) is 5.02 Å². The molecule has 6 nitrogen and oxygen atoms in total. The highest BCUT2D eigenvalue weighted by Gasteiger charge is 2.58. The number of aromatic amines is 1. The molecule has 0 spiro atoms. The minimum Gasteiger partial charge on any atom is -0.378 e. The van der Waals surface area contributed by atoms with Crippen molar-refractivity contribution in [1.29, 1.82) is 0 Å². The monoisotopic (exact) mass is 346 g/mol. The second kappa shape index (κ2) is 5.18. The first-order chi connectivity index (χ1) is 11.7. The smallest absolute Gasteiger partial charge is 0.224 e. The SMILES string of the molecule is O=C(NC1(c2nc3ccc(Cl)cc3[nH]2)CCOC1)C1C2CNCC21. The molecule has 2 aromatic rings. The van der Waals surface area contributed by atoms with E-state index in [1.807, 2.05) is 18.2 Å². The Hall–Kier alpha value is -1.63. The lowest BCUT2D eigenvalue weighted by molar-refractivity contribution is -0.125. The summed E-state index contributed by atoms with van der Waals surface area (Å²) in [6.45, 7) is 2.98. The van der Waals surface area contributed by atoms with Gasteiger partial charge in [-0.3, -0.25) is 4.79 Å². The van der Waals surface area contributed by atoms with E-state index in [-0.39, 0.29) is 11.8 Å². The van der Waals surface area contributed by atoms with Crippen molar-refractivity contribution in [3.63, 3.8) is 0 Å². The average Bonchev–Trinajstić information content (AvgIpc) is 3.04. The molecule has 1 amide bonds. The average molecular weight is 347 g/mol. The zero-order chi connectivity index (χ0) is 16.3. The quantitative estimate of drug-likeness (QED) is 0.785. The first-order valence-electron chi connectivity index (χ1n) is 8.43. The number of amides is 1. The normalized spacial score (nSPS) is 34.5. The first kappa shape index (κ1) is 14.7. The molecule has 1 aliphatic carbocycles. The molecule has 1 aromatic heterocycles. The van der Waals surface area contributed by atoms with Gasteiger partial charge in [-0.15, -0.1) is 0 Å². The van der Waals surface area contributed by atoms with Crippen molar-refractivity contribution in [1.82, 2.24) is 20.6 Å². The molecule has 3 N–H and O–H groups in total. The molecule has 5 rings (SSSR count). The number of halogens is 1. The Morgan fingerprint density at radius 1 is 1.38 bits per heavy atom. The Morgan fingerprint density at radius 3 is 2.96 bits per heavy atom. The molecule has 7 heteroatoms. The number of imidazole rings is 1. The van der Waals surface area contributed by atoms with E-state index in [0.717, 1.165) is 36.4 Å². The van der Waals surface area contributed by atoms with E-state index in [9.17, 15) is 4.79 Å². The van der Waals surface area contributed by atoms with Crippen LogP contribution in [0.15, 0.2) is 18.2 Å². The maximum atomic E-state index is 12.8. The summed E-state index contributed by atoms with van der Waals surface area (Å²) in [7, 11) is 0. The molecule has 0 bridgehead atoms. The molecule has 2 aliphatic heterocycles. The largest absolute Gasteiger partial charge is 0.378 e. The van der Waals surface area contributed by atoms with Gasteiger partial charge >= 0.3 is 0 Å². The lowest BCUT2D eigenvalue weighted by atomic mass is 9.97. The molecule has 3 aliphatic rings. The van der Waals surface area contributed by atoms with E-state index in [1.54, 1.807) is 0 Å². The van der Waals surface area contributed by atoms with E-state index in [2.05, 4.69) is 15.6 Å². The molecule has 24 heavy (non-hydrogen) atoms. The third kappa shape index (κ3) is 2.17. The second-order valence-electron chi connectivity index (χ2n) is 7.13. The fourth-order valence-electron chi connectivity index (χ4n) is 4.24. The fourth-order valence-corrected chi connectivity index (χ4v) is 4.42. The maximum absolute atomic E-state index is 12.8. The van der Waals surface area contributed by atoms with Gasteiger partial charge in [0.2, 0.25) is 5.91 Å². The fraction of sp³-hybridized carbons (Fsp3) is 0.529. The number of nitrogens with zero attached hydrogens (tertiary/aromatic N) is 1. The molecule has 3 atom stereocenters. The third-order valence-corrected chi connectivity index (χ3v) is 5.91. The summed E-state index contributed by atoms with van der Waals surface area (Å²) < 4.78 is 5.62. The van der Waals surface area contributed by atoms with Crippen molar-refractivity contribution in [2.24, 2.45) is 17.8 Å². The third-order valence-electron chi connectivity index (χ3n) is 5.68. The number of H-pyrrole nitrogens is 1. The Bertz CT molecular complexity index is 804. The van der Waals surface area contributed by atoms with Crippen LogP contribution in [0.3, 0.4) is 0 Å². The van der Waals surface area contributed by atoms with Crippen LogP contribution in [0.4, 0.5) is 0 Å². The van der Waals surface area contributed by atoms with Crippen LogP contribution in [-0.2, 0) is 15.1 Å². The number of benzene rings is 1. The van der Waals surface area contributed by atoms with E-state index in [1.165, 1.54) is 0 Å². The number of rotatable bonds is 3. The van der Waals surface area contributed by atoms with Gasteiger partial charge in [-0.2, -0.15) is 0 Å². The van der Waals surface area contributed by atoms with E-state index in [0.29, 0.717) is 30.1 Å². The summed E-state index contributed by atoms with van der Waals surface area (Å²) in [5.74, 6) is 2.03. The standard InChI is InChI=1S/C17H19ClN4O2/c18-9-1-2-12-13(5-9)21-16(20-12)17(3-4-24-8-17)22-15(23)14-10-6-19-7-11(10)14/h1-2,5,10-11,14,19H,3-4,6-8H2,(H,20,21)(H,22,23). The number of ether oxygens (including phenoxy) is 1. The van der Waals surface area contributed by atoms with Crippen molar-refractivity contribution in [3.8, 4) is 0 Å². The van der Waals surface area contributed by atoms with Crippen LogP contribution < -0.4 is 10.6 Å². The van der Waals surface area contributed by atoms with Crippen molar-refractivity contribution in [3.05, 3.63) is 29.0 Å². The Balaban J connectivity index is 1.45. The van der Waals surface area contributed by atoms with Gasteiger partial charge in [0.25, 0.3) is 0 Å². The van der Waals surface area contributed by atoms with Crippen LogP contribution in [0, 0.1) is 17.8 Å². The molecular weight excluding hydrogens is 328 g/mol. The molecule has 3 heterocycles. The number of fused-ring (bicyclic) bond motifs is 2. The summed E-state index contributed by atoms with van der Waals surface area (Å²) in [5.41, 5.74) is 1.17. The molecule has 126 valence electrons. The molecular formula is C17H19ClN4O2. The van der Waals surface area contributed by atoms with Crippen LogP contribution in [0.25, 0.3) is 11.0 Å². The zero-order valence-corrected chi connectivity index (χ0v) is 13.9. The van der Waals surface area contributed by atoms with Gasteiger partial charge in [-0.1, -0.05) is 11.6 Å². The topological polar surface area (TPSA) is 79.0 Å². The molecule has 0 radical (unpaired) electrons. The Morgan fingerprint density at radius 2 is 2.21 bits per heavy atom. The lowest BCUT2D eigenvalue weighted by Gasteiger charge is -2.27. The van der Waals surface area contributed by atoms with Crippen LogP contribution in [-0.4, -0.2) is 42.2 Å². The summed E-state index contributed by atoms with van der Waals surface area (Å²) in [6, 6.07) is 5.57. The summed E-state index contributed by atoms with van der Waals surface area (Å²) >= 11 is 6.06. The van der Waals surface area contributed by atoms with Gasteiger partial charge in [-0.25, -0.2) is 4.98 Å². The predicted molar refractivity (Wildman–Crippen MR) is 89.7 cm³/mol. The van der Waals surface area contributed by atoms with Crippen LogP contribution >= 0.6 is 11.6 Å². The number of piperidine rings is 1. The highest BCUT2D eigenvalue weighted by molar-refractivity contribution is 6.31. The van der Waals surface area contributed by atoms with Crippen molar-refractivity contribution in [2.75, 3.05) is 26.3 Å². The number of carbonyl (C=O) groups excluding carboxylic acids is 1. The van der Waals surface area contributed by atoms with E-state index >= 15 is 0 Å². The maximum Gasteiger partial charge on any atom is 0.224 e. The number of hydrogen-bond acceptors (Lipinski definition) is 4. The van der Waals surface area contributed by atoms with Gasteiger partial charge in [0.05, 0.1) is 17.6 Å². The Labute approximate surface area is 144 Å². The minimum atomic E-state index is -0.563. The van der Waals surface area contributed by atoms with Crippen LogP contribution in [0.5, 0.6) is 0 Å². The van der Waals surface area contributed by atoms with E-state index in [4.69, 9.17) is 21.3 Å². The number of nitrogens with one attached hydrogen (secondary N) is 3. The zero-order valence-electron chi connectivity index (χ0n) is 13.1. The Kier molecular flexibility index (Phi) is 3.17. The van der Waals surface area contributed by atoms with Crippen molar-refractivity contribution < 1.29 is 9.53 Å². The van der Waals surface area contributed by atoms with Gasteiger partial charge < -0.3 is 20.4 Å². The van der Waals surface area contributed by atoms with Gasteiger partial charge in [0.15, 0.2) is 0 Å². The van der Waals surface area contributed by atoms with Crippen molar-refractivity contribution >= 4 is 28.5 Å². The van der Waals surface area contributed by atoms with Crippen LogP contribution in [0.1, 0.15) is 12.2 Å². The minimum absolute atomic E-state index is 0.135. The summed E-state index contributed by atoms with van der Waals surface area (Å²) in [4.78, 5) is 20.8. The number of hydrogen-bond donors (Lipinski definition) is 3. The molecule has 2 saturated heterocycles. The first-order valence-corrected chi connectivity index (χ1v) is 8.80. The predicted octanol–water partition coefficient (Wildman–Crippen LogP) is 1.41. The highest BCUT2D eigenvalue weighted by atomic mass is 35.5. The molecule has 1 aromatic carbocycles. The second-order valence-corrected chi connectivity index (χ2v) is 7.57. The van der Waals surface area contributed by atoms with Gasteiger partial charge in [0, 0.05) is 24.0 Å². The summed E-state index contributed by atoms with van der Waals surface area (Å²) in [5, 5.41) is 7.25. The summed E-state index contributed by atoms with van der Waals surface area (Å²) in [6.07, 6.45) is 0.729. The molecule has 1 saturated carbocycles. The number of carbonyl (C=O) groups is 1. The van der Waals surface area contributed by atoms with Crippen molar-refractivity contribution in [2.45, 2.75) is 12.0 Å². The highest BCUT2D eigenvalue weighted by Crippen LogP contribution is 2.49. The number of aromatic nitrogens is 2. The molecule has 3 unspecified atom stereocenters. The molecule has 3 fully saturated rings. The van der Waals surface area contributed by atoms with E-state index < -0.39 is 5.54 Å². The lowest BCUT2D eigenvalue weighted by Crippen LogP contribution is -2.48. The van der Waals surface area contributed by atoms with Gasteiger partial charge in [-0.05, 0) is 43.1 Å².